The SMILES string of the molecule is CC(C)=CCCC(C)=CCCC(C)=CCN(C)CCCN(CC=C(C)CCC=C(C)CCC=C(C)C)CC=C(C)CCC=C(C)CCC=C(C)C. The predicted molar refractivity (Wildman–Crippen MR) is 235 cm³/mol. The smallest absolute Gasteiger partial charge is 0.0169 e. The molecule has 0 radical (unpaired) electrons. The van der Waals surface area contributed by atoms with Gasteiger partial charge in [-0.25, -0.2) is 0 Å². The molecule has 0 heterocycles. The van der Waals surface area contributed by atoms with Crippen LogP contribution in [0.4, 0.5) is 0 Å². The van der Waals surface area contributed by atoms with Crippen molar-refractivity contribution in [3.8, 4) is 0 Å². The van der Waals surface area contributed by atoms with Crippen LogP contribution in [0.2, 0.25) is 0 Å². The van der Waals surface area contributed by atoms with Crippen LogP contribution in [0.3, 0.4) is 0 Å². The number of likely N-dealkylation sites (N-methyl/N-ethyl adjacent to an activating group) is 1. The molecule has 2 nitrogen and oxygen atoms in total. The quantitative estimate of drug-likeness (QED) is 0.0750. The normalized spacial score (nSPS) is 13.7. The highest BCUT2D eigenvalue weighted by Crippen LogP contribution is 2.15. The molecule has 2 heteroatoms. The molecule has 0 rings (SSSR count). The first-order valence-corrected chi connectivity index (χ1v) is 20.4. The van der Waals surface area contributed by atoms with E-state index in [-0.39, 0.29) is 0 Å². The zero-order valence-electron chi connectivity index (χ0n) is 36.3. The van der Waals surface area contributed by atoms with E-state index >= 15 is 0 Å². The summed E-state index contributed by atoms with van der Waals surface area (Å²) < 4.78 is 0. The molecule has 0 aromatic rings. The summed E-state index contributed by atoms with van der Waals surface area (Å²) in [5, 5.41) is 0. The largest absolute Gasteiger partial charge is 0.303 e. The Balaban J connectivity index is 5.10. The van der Waals surface area contributed by atoms with Gasteiger partial charge in [0.05, 0.1) is 0 Å². The lowest BCUT2D eigenvalue weighted by Gasteiger charge is -2.22. The standard InChI is InChI=1S/C49H84N2/c1-41(2)21-14-24-44(7)27-17-30-47(10)33-38-50(13)36-20-37-51(39-34-48(11)31-18-28-45(8)25-15-22-42(3)4)40-35-49(12)32-19-29-46(9)26-16-23-43(5)6/h21-23,27-29,33-35H,14-20,24-26,30-32,36-40H2,1-13H3. The third-order valence-electron chi connectivity index (χ3n) is 9.53. The Morgan fingerprint density at radius 1 is 0.333 bits per heavy atom. The van der Waals surface area contributed by atoms with E-state index < -0.39 is 0 Å². The fourth-order valence-corrected chi connectivity index (χ4v) is 5.81. The van der Waals surface area contributed by atoms with Crippen molar-refractivity contribution in [3.63, 3.8) is 0 Å². The molecule has 0 amide bonds. The fourth-order valence-electron chi connectivity index (χ4n) is 5.81. The third-order valence-corrected chi connectivity index (χ3v) is 9.53. The number of rotatable bonds is 28. The molecular formula is C49H84N2. The molecular weight excluding hydrogens is 617 g/mol. The summed E-state index contributed by atoms with van der Waals surface area (Å²) in [5.41, 5.74) is 13.4. The van der Waals surface area contributed by atoms with E-state index in [9.17, 15) is 0 Å². The minimum atomic E-state index is 1.03. The molecule has 0 bridgehead atoms. The Labute approximate surface area is 320 Å². The zero-order chi connectivity index (χ0) is 38.4. The summed E-state index contributed by atoms with van der Waals surface area (Å²) in [7, 11) is 2.28. The van der Waals surface area contributed by atoms with Gasteiger partial charge in [0.1, 0.15) is 0 Å². The monoisotopic (exact) mass is 701 g/mol. The second kappa shape index (κ2) is 31.1. The van der Waals surface area contributed by atoms with Gasteiger partial charge in [0, 0.05) is 26.2 Å². The molecule has 0 atom stereocenters. The van der Waals surface area contributed by atoms with Crippen LogP contribution >= 0.6 is 0 Å². The maximum atomic E-state index is 2.65. The summed E-state index contributed by atoms with van der Waals surface area (Å²) in [4.78, 5) is 5.14. The molecule has 0 aromatic heterocycles. The Morgan fingerprint density at radius 3 is 0.922 bits per heavy atom. The topological polar surface area (TPSA) is 6.48 Å². The average Bonchev–Trinajstić information content (AvgIpc) is 3.04. The van der Waals surface area contributed by atoms with E-state index in [0.29, 0.717) is 0 Å². The Morgan fingerprint density at radius 2 is 0.608 bits per heavy atom. The summed E-state index contributed by atoms with van der Waals surface area (Å²) in [6.45, 7) is 32.3. The second-order valence-corrected chi connectivity index (χ2v) is 16.3. The molecule has 0 aromatic carbocycles. The molecule has 51 heavy (non-hydrogen) atoms. The van der Waals surface area contributed by atoms with E-state index in [0.717, 1.165) is 90.5 Å². The lowest BCUT2D eigenvalue weighted by Crippen LogP contribution is -2.29. The van der Waals surface area contributed by atoms with E-state index in [1.54, 1.807) is 0 Å². The van der Waals surface area contributed by atoms with Crippen molar-refractivity contribution in [2.45, 2.75) is 167 Å². The predicted octanol–water partition coefficient (Wildman–Crippen LogP) is 14.9. The van der Waals surface area contributed by atoms with Crippen molar-refractivity contribution in [1.82, 2.24) is 9.80 Å². The Bertz CT molecular complexity index is 1150. The second-order valence-electron chi connectivity index (χ2n) is 16.3. The fraction of sp³-hybridized carbons (Fsp3) is 0.633. The van der Waals surface area contributed by atoms with Gasteiger partial charge in [0.2, 0.25) is 0 Å². The molecule has 0 saturated heterocycles. The van der Waals surface area contributed by atoms with Crippen LogP contribution < -0.4 is 0 Å². The minimum absolute atomic E-state index is 1.03. The van der Waals surface area contributed by atoms with Gasteiger partial charge in [-0.15, -0.1) is 0 Å². The average molecular weight is 701 g/mol. The molecule has 0 unspecified atom stereocenters. The maximum absolute atomic E-state index is 2.65. The van der Waals surface area contributed by atoms with Crippen LogP contribution in [0.5, 0.6) is 0 Å². The van der Waals surface area contributed by atoms with Gasteiger partial charge in [-0.1, -0.05) is 105 Å². The molecule has 0 aliphatic rings. The van der Waals surface area contributed by atoms with Crippen LogP contribution in [0.25, 0.3) is 0 Å². The summed E-state index contributed by atoms with van der Waals surface area (Å²) in [6, 6.07) is 0. The van der Waals surface area contributed by atoms with Crippen molar-refractivity contribution >= 4 is 0 Å². The van der Waals surface area contributed by atoms with Crippen molar-refractivity contribution in [2.24, 2.45) is 0 Å². The van der Waals surface area contributed by atoms with E-state index in [1.165, 1.54) is 75.8 Å². The van der Waals surface area contributed by atoms with Gasteiger partial charge in [0.25, 0.3) is 0 Å². The zero-order valence-corrected chi connectivity index (χ0v) is 36.3. The number of allylic oxidation sites excluding steroid dienone is 15. The summed E-state index contributed by atoms with van der Waals surface area (Å²) >= 11 is 0. The first kappa shape index (κ1) is 48.6. The third kappa shape index (κ3) is 33.2. The van der Waals surface area contributed by atoms with Crippen molar-refractivity contribution in [3.05, 3.63) is 105 Å². The highest BCUT2D eigenvalue weighted by molar-refractivity contribution is 5.09. The lowest BCUT2D eigenvalue weighted by molar-refractivity contribution is 0.289. The molecule has 0 spiro atoms. The van der Waals surface area contributed by atoms with Crippen LogP contribution in [0, 0.1) is 0 Å². The molecule has 0 aliphatic carbocycles. The molecule has 0 aliphatic heterocycles. The molecule has 290 valence electrons. The summed E-state index contributed by atoms with van der Waals surface area (Å²) in [5.74, 6) is 0. The Kier molecular flexibility index (Phi) is 29.7. The summed E-state index contributed by atoms with van der Waals surface area (Å²) in [6.07, 6.45) is 36.9. The van der Waals surface area contributed by atoms with Crippen LogP contribution in [-0.4, -0.2) is 49.6 Å². The van der Waals surface area contributed by atoms with E-state index in [2.05, 4.69) is 155 Å². The van der Waals surface area contributed by atoms with Gasteiger partial charge >= 0.3 is 0 Å². The van der Waals surface area contributed by atoms with E-state index in [4.69, 9.17) is 0 Å². The molecule has 0 N–H and O–H groups in total. The highest BCUT2D eigenvalue weighted by Gasteiger charge is 2.05. The molecule has 0 saturated carbocycles. The maximum Gasteiger partial charge on any atom is 0.0169 e. The van der Waals surface area contributed by atoms with Crippen LogP contribution in [0.15, 0.2) is 105 Å². The minimum Gasteiger partial charge on any atom is -0.303 e. The highest BCUT2D eigenvalue weighted by atomic mass is 15.1. The van der Waals surface area contributed by atoms with Crippen molar-refractivity contribution < 1.29 is 0 Å². The van der Waals surface area contributed by atoms with Gasteiger partial charge in [0.15, 0.2) is 0 Å². The number of nitrogens with zero attached hydrogens (tertiary/aromatic N) is 2. The number of hydrogen-bond acceptors (Lipinski definition) is 2. The number of hydrogen-bond donors (Lipinski definition) is 0. The van der Waals surface area contributed by atoms with E-state index in [1.807, 2.05) is 0 Å². The lowest BCUT2D eigenvalue weighted by atomic mass is 10.1. The first-order valence-electron chi connectivity index (χ1n) is 20.4. The van der Waals surface area contributed by atoms with Crippen LogP contribution in [0.1, 0.15) is 167 Å². The van der Waals surface area contributed by atoms with Crippen LogP contribution in [-0.2, 0) is 0 Å². The van der Waals surface area contributed by atoms with Gasteiger partial charge < -0.3 is 4.90 Å². The van der Waals surface area contributed by atoms with Gasteiger partial charge in [-0.2, -0.15) is 0 Å². The van der Waals surface area contributed by atoms with Gasteiger partial charge in [-0.3, -0.25) is 4.90 Å². The first-order chi connectivity index (χ1) is 24.2. The van der Waals surface area contributed by atoms with Crippen molar-refractivity contribution in [1.29, 1.82) is 0 Å². The molecule has 0 fully saturated rings. The Hall–Kier alpha value is -2.42. The van der Waals surface area contributed by atoms with Gasteiger partial charge in [-0.05, 0) is 180 Å². The van der Waals surface area contributed by atoms with Crippen molar-refractivity contribution in [2.75, 3.05) is 39.8 Å².